The van der Waals surface area contributed by atoms with Crippen molar-refractivity contribution in [3.63, 3.8) is 0 Å². The van der Waals surface area contributed by atoms with Crippen LogP contribution in [0.3, 0.4) is 0 Å². The molecule has 5 rings (SSSR count). The van der Waals surface area contributed by atoms with Crippen LogP contribution in [0.2, 0.25) is 0 Å². The van der Waals surface area contributed by atoms with E-state index in [4.69, 9.17) is 4.52 Å². The van der Waals surface area contributed by atoms with E-state index in [0.717, 1.165) is 38.4 Å². The quantitative estimate of drug-likeness (QED) is 0.762. The van der Waals surface area contributed by atoms with E-state index < -0.39 is 0 Å². The van der Waals surface area contributed by atoms with E-state index in [-0.39, 0.29) is 17.4 Å². The molecule has 0 radical (unpaired) electrons. The minimum atomic E-state index is -0.154. The number of hydrogen-bond acceptors (Lipinski definition) is 5. The van der Waals surface area contributed by atoms with Gasteiger partial charge in [0.1, 0.15) is 0 Å². The standard InChI is InChI=1S/C25H34N4O2/c1-18-26-24(31-28-18)25-14-22(27-23(30)12-19-8-4-2-5-9-19)13-21(25)16-29(17-25)15-20-10-6-3-7-11-20/h3,6-7,10-11,19,21-22H,2,4-5,8-9,12-17H2,1H3,(H,27,30)/t21-,22+,25-/m0/s1. The molecule has 3 fully saturated rings. The topological polar surface area (TPSA) is 71.3 Å². The minimum Gasteiger partial charge on any atom is -0.353 e. The second kappa shape index (κ2) is 8.73. The van der Waals surface area contributed by atoms with Gasteiger partial charge in [-0.15, -0.1) is 0 Å². The first-order chi connectivity index (χ1) is 15.1. The summed E-state index contributed by atoms with van der Waals surface area (Å²) >= 11 is 0. The number of nitrogens with one attached hydrogen (secondary N) is 1. The van der Waals surface area contributed by atoms with Gasteiger partial charge in [0, 0.05) is 32.1 Å². The molecule has 2 aliphatic carbocycles. The Balaban J connectivity index is 1.27. The van der Waals surface area contributed by atoms with E-state index in [2.05, 4.69) is 50.7 Å². The zero-order valence-electron chi connectivity index (χ0n) is 18.6. The number of benzene rings is 1. The predicted octanol–water partition coefficient (Wildman–Crippen LogP) is 4.00. The van der Waals surface area contributed by atoms with Crippen LogP contribution in [0.1, 0.15) is 68.6 Å². The Labute approximate surface area is 184 Å². The van der Waals surface area contributed by atoms with Crippen LogP contribution in [0.4, 0.5) is 0 Å². The molecule has 0 unspecified atom stereocenters. The zero-order valence-corrected chi connectivity index (χ0v) is 18.6. The zero-order chi connectivity index (χ0) is 21.3. The van der Waals surface area contributed by atoms with Gasteiger partial charge in [-0.2, -0.15) is 4.98 Å². The highest BCUT2D eigenvalue weighted by atomic mass is 16.5. The lowest BCUT2D eigenvalue weighted by Gasteiger charge is -2.26. The van der Waals surface area contributed by atoms with Crippen molar-refractivity contribution in [2.24, 2.45) is 11.8 Å². The van der Waals surface area contributed by atoms with Crippen molar-refractivity contribution in [3.05, 3.63) is 47.6 Å². The Morgan fingerprint density at radius 3 is 2.77 bits per heavy atom. The molecule has 0 bridgehead atoms. The first kappa shape index (κ1) is 20.7. The summed E-state index contributed by atoms with van der Waals surface area (Å²) in [6.45, 7) is 4.73. The fraction of sp³-hybridized carbons (Fsp3) is 0.640. The first-order valence-corrected chi connectivity index (χ1v) is 12.0. The van der Waals surface area contributed by atoms with Crippen molar-refractivity contribution in [1.29, 1.82) is 0 Å². The average Bonchev–Trinajstić information content (AvgIpc) is 3.42. The Morgan fingerprint density at radius 2 is 2.03 bits per heavy atom. The number of nitrogens with zero attached hydrogens (tertiary/aromatic N) is 3. The van der Waals surface area contributed by atoms with Gasteiger partial charge in [0.25, 0.3) is 0 Å². The molecule has 6 heteroatoms. The third-order valence-corrected chi connectivity index (χ3v) is 7.71. The van der Waals surface area contributed by atoms with Crippen LogP contribution in [0.5, 0.6) is 0 Å². The molecule has 166 valence electrons. The second-order valence-electron chi connectivity index (χ2n) is 10.1. The van der Waals surface area contributed by atoms with Crippen LogP contribution < -0.4 is 5.32 Å². The molecule has 3 aliphatic rings. The van der Waals surface area contributed by atoms with Crippen LogP contribution in [0.15, 0.2) is 34.9 Å². The summed E-state index contributed by atoms with van der Waals surface area (Å²) in [6.07, 6.45) is 8.87. The SMILES string of the molecule is Cc1noc([C@]23C[C@H](NC(=O)CC4CCCCC4)C[C@H]2CN(Cc2ccccc2)C3)n1. The van der Waals surface area contributed by atoms with Gasteiger partial charge in [-0.05, 0) is 50.0 Å². The summed E-state index contributed by atoms with van der Waals surface area (Å²) < 4.78 is 5.73. The predicted molar refractivity (Wildman–Crippen MR) is 118 cm³/mol. The third kappa shape index (κ3) is 4.40. The van der Waals surface area contributed by atoms with Crippen LogP contribution in [0.25, 0.3) is 0 Å². The van der Waals surface area contributed by atoms with Gasteiger partial charge < -0.3 is 9.84 Å². The normalized spacial score (nSPS) is 29.2. The van der Waals surface area contributed by atoms with Crippen molar-refractivity contribution >= 4 is 5.91 Å². The molecule has 6 nitrogen and oxygen atoms in total. The van der Waals surface area contributed by atoms with Crippen molar-refractivity contribution < 1.29 is 9.32 Å². The maximum absolute atomic E-state index is 12.8. The smallest absolute Gasteiger partial charge is 0.234 e. The number of rotatable bonds is 6. The lowest BCUT2D eigenvalue weighted by Crippen LogP contribution is -2.38. The molecule has 3 atom stereocenters. The van der Waals surface area contributed by atoms with Crippen molar-refractivity contribution in [2.75, 3.05) is 13.1 Å². The number of amides is 1. The Hall–Kier alpha value is -2.21. The highest BCUT2D eigenvalue weighted by Gasteiger charge is 2.57. The molecule has 1 saturated heterocycles. The molecule has 1 aromatic heterocycles. The summed E-state index contributed by atoms with van der Waals surface area (Å²) in [4.78, 5) is 19.9. The summed E-state index contributed by atoms with van der Waals surface area (Å²) in [5.74, 6) is 2.68. The molecular formula is C25H34N4O2. The number of aromatic nitrogens is 2. The average molecular weight is 423 g/mol. The van der Waals surface area contributed by atoms with Gasteiger partial charge in [-0.25, -0.2) is 0 Å². The lowest BCUT2D eigenvalue weighted by molar-refractivity contribution is -0.123. The van der Waals surface area contributed by atoms with Crippen LogP contribution in [-0.2, 0) is 16.8 Å². The van der Waals surface area contributed by atoms with Gasteiger partial charge in [0.2, 0.25) is 11.8 Å². The highest BCUT2D eigenvalue weighted by molar-refractivity contribution is 5.76. The van der Waals surface area contributed by atoms with Gasteiger partial charge in [-0.1, -0.05) is 54.8 Å². The molecule has 1 N–H and O–H groups in total. The Morgan fingerprint density at radius 1 is 1.23 bits per heavy atom. The maximum Gasteiger partial charge on any atom is 0.234 e. The van der Waals surface area contributed by atoms with E-state index in [1.54, 1.807) is 0 Å². The molecular weight excluding hydrogens is 388 g/mol. The Bertz CT molecular complexity index is 892. The van der Waals surface area contributed by atoms with Gasteiger partial charge in [0.15, 0.2) is 5.82 Å². The second-order valence-corrected chi connectivity index (χ2v) is 10.1. The first-order valence-electron chi connectivity index (χ1n) is 12.0. The highest BCUT2D eigenvalue weighted by Crippen LogP contribution is 2.50. The van der Waals surface area contributed by atoms with E-state index in [1.165, 1.54) is 37.7 Å². The fourth-order valence-electron chi connectivity index (χ4n) is 6.32. The van der Waals surface area contributed by atoms with Crippen LogP contribution in [-0.4, -0.2) is 40.1 Å². The summed E-state index contributed by atoms with van der Waals surface area (Å²) in [6, 6.07) is 10.8. The molecule has 2 saturated carbocycles. The van der Waals surface area contributed by atoms with E-state index in [9.17, 15) is 4.79 Å². The van der Waals surface area contributed by atoms with E-state index in [1.807, 2.05) is 6.92 Å². The van der Waals surface area contributed by atoms with Gasteiger partial charge in [0.05, 0.1) is 5.41 Å². The molecule has 1 aliphatic heterocycles. The Kier molecular flexibility index (Phi) is 5.83. The number of aryl methyl sites for hydroxylation is 1. The number of fused-ring (bicyclic) bond motifs is 1. The van der Waals surface area contributed by atoms with Crippen LogP contribution in [0, 0.1) is 18.8 Å². The monoisotopic (exact) mass is 422 g/mol. The molecule has 1 aromatic carbocycles. The van der Waals surface area contributed by atoms with E-state index >= 15 is 0 Å². The third-order valence-electron chi connectivity index (χ3n) is 7.71. The number of carbonyl (C=O) groups excluding carboxylic acids is 1. The van der Waals surface area contributed by atoms with Crippen molar-refractivity contribution in [3.8, 4) is 0 Å². The molecule has 1 amide bonds. The number of likely N-dealkylation sites (tertiary alicyclic amines) is 1. The van der Waals surface area contributed by atoms with Crippen molar-refractivity contribution in [2.45, 2.75) is 76.3 Å². The molecule has 2 heterocycles. The molecule has 31 heavy (non-hydrogen) atoms. The largest absolute Gasteiger partial charge is 0.353 e. The fourth-order valence-corrected chi connectivity index (χ4v) is 6.32. The molecule has 2 aromatic rings. The summed E-state index contributed by atoms with van der Waals surface area (Å²) in [5.41, 5.74) is 1.18. The van der Waals surface area contributed by atoms with Gasteiger partial charge >= 0.3 is 0 Å². The van der Waals surface area contributed by atoms with Crippen molar-refractivity contribution in [1.82, 2.24) is 20.4 Å². The minimum absolute atomic E-state index is 0.154. The molecule has 0 spiro atoms. The summed E-state index contributed by atoms with van der Waals surface area (Å²) in [7, 11) is 0. The number of carbonyl (C=O) groups is 1. The van der Waals surface area contributed by atoms with Crippen LogP contribution >= 0.6 is 0 Å². The lowest BCUT2D eigenvalue weighted by atomic mass is 9.80. The van der Waals surface area contributed by atoms with Gasteiger partial charge in [-0.3, -0.25) is 9.69 Å². The van der Waals surface area contributed by atoms with E-state index in [0.29, 0.717) is 24.1 Å². The number of hydrogen-bond donors (Lipinski definition) is 1. The maximum atomic E-state index is 12.8. The summed E-state index contributed by atoms with van der Waals surface area (Å²) in [5, 5.41) is 7.47.